The zero-order chi connectivity index (χ0) is 12.6. The Kier molecular flexibility index (Phi) is 3.26. The summed E-state index contributed by atoms with van der Waals surface area (Å²) >= 11 is 3.23. The highest BCUT2D eigenvalue weighted by Crippen LogP contribution is 2.30. The average Bonchev–Trinajstić information content (AvgIpc) is 2.58. The van der Waals surface area contributed by atoms with Gasteiger partial charge in [-0.3, -0.25) is 0 Å². The second kappa shape index (κ2) is 4.54. The Morgan fingerprint density at radius 3 is 2.71 bits per heavy atom. The zero-order valence-corrected chi connectivity index (χ0v) is 10.6. The SMILES string of the molecule is Cn1c(CN)nc(Br)c1-c1cc(F)ccc1F. The van der Waals surface area contributed by atoms with E-state index >= 15 is 0 Å². The normalized spacial score (nSPS) is 10.9. The average molecular weight is 302 g/mol. The predicted molar refractivity (Wildman–Crippen MR) is 64.2 cm³/mol. The van der Waals surface area contributed by atoms with Gasteiger partial charge in [0.05, 0.1) is 12.2 Å². The number of aromatic nitrogens is 2. The molecular weight excluding hydrogens is 292 g/mol. The smallest absolute Gasteiger partial charge is 0.132 e. The molecule has 6 heteroatoms. The number of imidazole rings is 1. The van der Waals surface area contributed by atoms with Crippen LogP contribution < -0.4 is 5.73 Å². The van der Waals surface area contributed by atoms with E-state index in [-0.39, 0.29) is 12.1 Å². The summed E-state index contributed by atoms with van der Waals surface area (Å²) < 4.78 is 28.9. The molecule has 0 saturated carbocycles. The highest BCUT2D eigenvalue weighted by atomic mass is 79.9. The molecule has 1 heterocycles. The lowest BCUT2D eigenvalue weighted by molar-refractivity contribution is 0.601. The molecule has 0 saturated heterocycles. The van der Waals surface area contributed by atoms with Crippen LogP contribution in [0.5, 0.6) is 0 Å². The fraction of sp³-hybridized carbons (Fsp3) is 0.182. The van der Waals surface area contributed by atoms with Gasteiger partial charge in [-0.1, -0.05) is 0 Å². The number of nitrogens with zero attached hydrogens (tertiary/aromatic N) is 2. The van der Waals surface area contributed by atoms with Gasteiger partial charge in [0.1, 0.15) is 22.1 Å². The minimum atomic E-state index is -0.501. The summed E-state index contributed by atoms with van der Waals surface area (Å²) in [5.41, 5.74) is 6.14. The zero-order valence-electron chi connectivity index (χ0n) is 9.04. The van der Waals surface area contributed by atoms with Gasteiger partial charge in [0.15, 0.2) is 0 Å². The van der Waals surface area contributed by atoms with Crippen LogP contribution in [-0.4, -0.2) is 9.55 Å². The lowest BCUT2D eigenvalue weighted by Crippen LogP contribution is -2.05. The maximum Gasteiger partial charge on any atom is 0.132 e. The molecule has 2 aromatic rings. The van der Waals surface area contributed by atoms with Gasteiger partial charge in [0.25, 0.3) is 0 Å². The number of benzene rings is 1. The summed E-state index contributed by atoms with van der Waals surface area (Å²) in [4.78, 5) is 4.14. The van der Waals surface area contributed by atoms with E-state index in [2.05, 4.69) is 20.9 Å². The Labute approximate surface area is 105 Å². The molecule has 2 rings (SSSR count). The van der Waals surface area contributed by atoms with Gasteiger partial charge in [-0.25, -0.2) is 13.8 Å². The Balaban J connectivity index is 2.68. The summed E-state index contributed by atoms with van der Waals surface area (Å²) in [7, 11) is 1.71. The van der Waals surface area contributed by atoms with Crippen LogP contribution in [0.25, 0.3) is 11.3 Å². The number of rotatable bonds is 2. The molecule has 0 atom stereocenters. The first-order valence-corrected chi connectivity index (χ1v) is 5.70. The third kappa shape index (κ3) is 2.10. The Hall–Kier alpha value is -1.27. The van der Waals surface area contributed by atoms with Crippen molar-refractivity contribution in [1.82, 2.24) is 9.55 Å². The summed E-state index contributed by atoms with van der Waals surface area (Å²) in [6.07, 6.45) is 0. The molecule has 0 spiro atoms. The van der Waals surface area contributed by atoms with Crippen molar-refractivity contribution in [2.24, 2.45) is 12.8 Å². The van der Waals surface area contributed by atoms with Crippen molar-refractivity contribution in [2.75, 3.05) is 0 Å². The molecule has 1 aromatic carbocycles. The summed E-state index contributed by atoms with van der Waals surface area (Å²) in [6, 6.07) is 3.30. The van der Waals surface area contributed by atoms with Gasteiger partial charge in [0, 0.05) is 12.6 Å². The third-order valence-corrected chi connectivity index (χ3v) is 3.06. The maximum absolute atomic E-state index is 13.7. The fourth-order valence-corrected chi connectivity index (χ4v) is 2.35. The van der Waals surface area contributed by atoms with Gasteiger partial charge < -0.3 is 10.3 Å². The standard InChI is InChI=1S/C11H10BrF2N3/c1-17-9(5-15)16-11(12)10(17)7-4-6(13)2-3-8(7)14/h2-4H,5,15H2,1H3. The Morgan fingerprint density at radius 1 is 1.41 bits per heavy atom. The van der Waals surface area contributed by atoms with E-state index in [1.165, 1.54) is 0 Å². The first-order valence-electron chi connectivity index (χ1n) is 4.91. The maximum atomic E-state index is 13.7. The molecule has 0 unspecified atom stereocenters. The molecule has 0 fully saturated rings. The van der Waals surface area contributed by atoms with Crippen LogP contribution in [-0.2, 0) is 13.6 Å². The molecule has 0 radical (unpaired) electrons. The molecule has 0 bridgehead atoms. The van der Waals surface area contributed by atoms with Gasteiger partial charge in [-0.2, -0.15) is 0 Å². The molecule has 0 aliphatic heterocycles. The van der Waals surface area contributed by atoms with E-state index in [1.807, 2.05) is 0 Å². The summed E-state index contributed by atoms with van der Waals surface area (Å²) in [5.74, 6) is -0.405. The van der Waals surface area contributed by atoms with Crippen molar-refractivity contribution >= 4 is 15.9 Å². The van der Waals surface area contributed by atoms with Crippen molar-refractivity contribution in [1.29, 1.82) is 0 Å². The highest BCUT2D eigenvalue weighted by Gasteiger charge is 2.17. The second-order valence-corrected chi connectivity index (χ2v) is 4.31. The molecule has 0 aliphatic carbocycles. The van der Waals surface area contributed by atoms with Crippen LogP contribution in [0.2, 0.25) is 0 Å². The van der Waals surface area contributed by atoms with E-state index in [1.54, 1.807) is 11.6 Å². The van der Waals surface area contributed by atoms with Gasteiger partial charge in [-0.15, -0.1) is 0 Å². The van der Waals surface area contributed by atoms with Gasteiger partial charge in [0.2, 0.25) is 0 Å². The van der Waals surface area contributed by atoms with Crippen LogP contribution >= 0.6 is 15.9 Å². The first-order chi connectivity index (χ1) is 8.04. The van der Waals surface area contributed by atoms with E-state index in [0.717, 1.165) is 18.2 Å². The van der Waals surface area contributed by atoms with Crippen LogP contribution in [0.3, 0.4) is 0 Å². The van der Waals surface area contributed by atoms with Crippen molar-refractivity contribution in [3.8, 4) is 11.3 Å². The molecule has 17 heavy (non-hydrogen) atoms. The Bertz CT molecular complexity index is 566. The van der Waals surface area contributed by atoms with E-state index < -0.39 is 11.6 Å². The van der Waals surface area contributed by atoms with Crippen LogP contribution in [0.1, 0.15) is 5.82 Å². The number of nitrogens with two attached hydrogens (primary N) is 1. The molecule has 2 N–H and O–H groups in total. The van der Waals surface area contributed by atoms with Crippen molar-refractivity contribution in [3.63, 3.8) is 0 Å². The minimum absolute atomic E-state index is 0.159. The van der Waals surface area contributed by atoms with E-state index in [9.17, 15) is 8.78 Å². The van der Waals surface area contributed by atoms with Crippen molar-refractivity contribution < 1.29 is 8.78 Å². The molecule has 0 amide bonds. The Morgan fingerprint density at radius 2 is 2.12 bits per heavy atom. The lowest BCUT2D eigenvalue weighted by atomic mass is 10.1. The van der Waals surface area contributed by atoms with E-state index in [0.29, 0.717) is 16.1 Å². The molecule has 3 nitrogen and oxygen atoms in total. The monoisotopic (exact) mass is 301 g/mol. The molecule has 1 aromatic heterocycles. The quantitative estimate of drug-likeness (QED) is 0.926. The number of hydrogen-bond acceptors (Lipinski definition) is 2. The molecular formula is C11H10BrF2N3. The summed E-state index contributed by atoms with van der Waals surface area (Å²) in [5, 5.41) is 0. The lowest BCUT2D eigenvalue weighted by Gasteiger charge is -2.06. The first kappa shape index (κ1) is 12.2. The highest BCUT2D eigenvalue weighted by molar-refractivity contribution is 9.10. The van der Waals surface area contributed by atoms with Crippen LogP contribution in [0, 0.1) is 11.6 Å². The largest absolute Gasteiger partial charge is 0.329 e. The third-order valence-electron chi connectivity index (χ3n) is 2.51. The second-order valence-electron chi connectivity index (χ2n) is 3.55. The topological polar surface area (TPSA) is 43.8 Å². The van der Waals surface area contributed by atoms with Gasteiger partial charge >= 0.3 is 0 Å². The van der Waals surface area contributed by atoms with Gasteiger partial charge in [-0.05, 0) is 34.1 Å². The predicted octanol–water partition coefficient (Wildman–Crippen LogP) is 2.59. The van der Waals surface area contributed by atoms with Crippen LogP contribution in [0.4, 0.5) is 8.78 Å². The number of halogens is 3. The van der Waals surface area contributed by atoms with E-state index in [4.69, 9.17) is 5.73 Å². The van der Waals surface area contributed by atoms with Crippen molar-refractivity contribution in [2.45, 2.75) is 6.54 Å². The van der Waals surface area contributed by atoms with Crippen LogP contribution in [0.15, 0.2) is 22.8 Å². The summed E-state index contributed by atoms with van der Waals surface area (Å²) in [6.45, 7) is 0.228. The molecule has 0 aliphatic rings. The fourth-order valence-electron chi connectivity index (χ4n) is 1.66. The van der Waals surface area contributed by atoms with Crippen molar-refractivity contribution in [3.05, 3.63) is 40.3 Å². The molecule has 90 valence electrons. The minimum Gasteiger partial charge on any atom is -0.329 e. The number of hydrogen-bond donors (Lipinski definition) is 1.